The Morgan fingerprint density at radius 3 is 2.27 bits per heavy atom. The molecule has 0 bridgehead atoms. The molecule has 1 fully saturated rings. The maximum absolute atomic E-state index is 13.6. The van der Waals surface area contributed by atoms with Crippen molar-refractivity contribution in [3.63, 3.8) is 0 Å². The summed E-state index contributed by atoms with van der Waals surface area (Å²) < 4.78 is 43.1. The fourth-order valence-corrected chi connectivity index (χ4v) is 6.89. The first-order valence-electron chi connectivity index (χ1n) is 17.2. The van der Waals surface area contributed by atoms with E-state index in [1.807, 2.05) is 20.8 Å². The van der Waals surface area contributed by atoms with Crippen LogP contribution in [0, 0.1) is 11.2 Å². The summed E-state index contributed by atoms with van der Waals surface area (Å²) in [6, 6.07) is 17.3. The van der Waals surface area contributed by atoms with E-state index in [0.717, 1.165) is 33.2 Å². The van der Waals surface area contributed by atoms with Crippen LogP contribution in [0.4, 0.5) is 4.39 Å². The molecule has 1 saturated heterocycles. The molecule has 2 N–H and O–H groups in total. The Morgan fingerprint density at radius 1 is 0.942 bits per heavy atom. The molecular weight excluding hydrogens is 691 g/mol. The maximum atomic E-state index is 13.6. The normalized spacial score (nSPS) is 15.1. The number of amides is 2. The first-order valence-corrected chi connectivity index (χ1v) is 18.1. The van der Waals surface area contributed by atoms with Gasteiger partial charge in [-0.2, -0.15) is 0 Å². The lowest BCUT2D eigenvalue weighted by atomic mass is 9.85. The first-order chi connectivity index (χ1) is 25.0. The van der Waals surface area contributed by atoms with Gasteiger partial charge in [-0.05, 0) is 78.4 Å². The summed E-state index contributed by atoms with van der Waals surface area (Å²) in [6.45, 7) is 7.75. The highest BCUT2D eigenvalue weighted by Gasteiger charge is 2.39. The predicted octanol–water partition coefficient (Wildman–Crippen LogP) is 6.35. The van der Waals surface area contributed by atoms with Gasteiger partial charge in [0.2, 0.25) is 11.8 Å². The minimum absolute atomic E-state index is 0.156. The zero-order valence-electron chi connectivity index (χ0n) is 29.6. The van der Waals surface area contributed by atoms with E-state index >= 15 is 0 Å². The minimum atomic E-state index is -0.770. The van der Waals surface area contributed by atoms with Crippen molar-refractivity contribution in [1.82, 2.24) is 10.2 Å². The monoisotopic (exact) mass is 736 g/mol. The molecule has 52 heavy (non-hydrogen) atoms. The summed E-state index contributed by atoms with van der Waals surface area (Å²) in [5, 5.41) is 13.6. The number of nitrogens with one attached hydrogen (secondary N) is 1. The number of carbonyl (C=O) groups is 3. The van der Waals surface area contributed by atoms with Crippen LogP contribution >= 0.6 is 11.3 Å². The lowest BCUT2D eigenvalue weighted by molar-refractivity contribution is -0.142. The van der Waals surface area contributed by atoms with Crippen LogP contribution in [-0.4, -0.2) is 93.0 Å². The van der Waals surface area contributed by atoms with Crippen LogP contribution in [0.3, 0.4) is 0 Å². The van der Waals surface area contributed by atoms with Crippen molar-refractivity contribution in [3.05, 3.63) is 72.5 Å². The second-order valence-electron chi connectivity index (χ2n) is 13.4. The highest BCUT2D eigenvalue weighted by molar-refractivity contribution is 7.22. The van der Waals surface area contributed by atoms with Gasteiger partial charge in [-0.25, -0.2) is 4.39 Å². The molecule has 11 nitrogen and oxygen atoms in total. The molecule has 0 saturated carbocycles. The molecular formula is C39H45FN2O9S. The third-order valence-corrected chi connectivity index (χ3v) is 9.59. The third-order valence-electron chi connectivity index (χ3n) is 8.41. The van der Waals surface area contributed by atoms with Crippen molar-refractivity contribution in [3.8, 4) is 33.4 Å². The van der Waals surface area contributed by atoms with Gasteiger partial charge >= 0.3 is 0 Å². The lowest BCUT2D eigenvalue weighted by Gasteiger charge is -2.34. The van der Waals surface area contributed by atoms with E-state index in [0.29, 0.717) is 56.6 Å². The summed E-state index contributed by atoms with van der Waals surface area (Å²) >= 11 is 1.46. The van der Waals surface area contributed by atoms with Crippen molar-refractivity contribution < 1.29 is 47.6 Å². The van der Waals surface area contributed by atoms with Crippen molar-refractivity contribution in [1.29, 1.82) is 0 Å². The van der Waals surface area contributed by atoms with E-state index in [-0.39, 0.29) is 37.3 Å². The number of carbonyl (C=O) groups excluding carboxylic acids is 3. The number of phenols is 1. The quantitative estimate of drug-likeness (QED) is 0.0886. The summed E-state index contributed by atoms with van der Waals surface area (Å²) in [5.74, 6) is 1.04. The Hall–Kier alpha value is -4.56. The average molecular weight is 737 g/mol. The molecule has 0 spiro atoms. The average Bonchev–Trinajstić information content (AvgIpc) is 3.74. The van der Waals surface area contributed by atoms with Gasteiger partial charge in [0, 0.05) is 16.6 Å². The van der Waals surface area contributed by atoms with Gasteiger partial charge in [-0.15, -0.1) is 11.3 Å². The standard InChI is InChI=1S/C39H45FN2O9S/c1-39(2,3)37(38(46)42-16-4-5-28(42)24-43)41-34(45)25-49-20-19-47-17-18-48-21-22-50-30-11-13-31(14-12-30)51-35-32-15-10-29(44)23-33(32)52-36(35)26-6-8-27(40)9-7-26/h6-15,23-24,28,37,44H,4-5,16-22,25H2,1-3H3,(H,41,45)/t28-,37?/m0/s1. The number of ether oxygens (including phenoxy) is 5. The zero-order chi connectivity index (χ0) is 37.1. The molecule has 1 aliphatic heterocycles. The van der Waals surface area contributed by atoms with Crippen LogP contribution in [0.25, 0.3) is 20.5 Å². The van der Waals surface area contributed by atoms with Crippen molar-refractivity contribution in [2.75, 3.05) is 52.8 Å². The molecule has 278 valence electrons. The number of thiophene rings is 1. The van der Waals surface area contributed by atoms with Crippen LogP contribution in [0.2, 0.25) is 0 Å². The molecule has 3 aromatic carbocycles. The topological polar surface area (TPSA) is 133 Å². The molecule has 0 radical (unpaired) electrons. The number of hydrogen-bond donors (Lipinski definition) is 2. The number of aromatic hydroxyl groups is 1. The van der Waals surface area contributed by atoms with E-state index in [1.165, 1.54) is 23.5 Å². The van der Waals surface area contributed by atoms with Crippen molar-refractivity contribution in [2.45, 2.75) is 45.7 Å². The van der Waals surface area contributed by atoms with E-state index < -0.39 is 23.4 Å². The molecule has 1 aromatic heterocycles. The van der Waals surface area contributed by atoms with E-state index in [2.05, 4.69) is 5.32 Å². The van der Waals surface area contributed by atoms with Gasteiger partial charge in [0.15, 0.2) is 5.75 Å². The van der Waals surface area contributed by atoms with Gasteiger partial charge in [0.05, 0.1) is 44.0 Å². The van der Waals surface area contributed by atoms with Gasteiger partial charge in [-0.3, -0.25) is 9.59 Å². The number of fused-ring (bicyclic) bond motifs is 1. The molecule has 13 heteroatoms. The Morgan fingerprint density at radius 2 is 1.60 bits per heavy atom. The van der Waals surface area contributed by atoms with E-state index in [4.69, 9.17) is 23.7 Å². The predicted molar refractivity (Wildman–Crippen MR) is 196 cm³/mol. The summed E-state index contributed by atoms with van der Waals surface area (Å²) in [6.07, 6.45) is 2.20. The van der Waals surface area contributed by atoms with Crippen LogP contribution in [0.15, 0.2) is 66.7 Å². The number of halogens is 1. The van der Waals surface area contributed by atoms with Gasteiger partial charge in [0.1, 0.15) is 48.6 Å². The van der Waals surface area contributed by atoms with Gasteiger partial charge in [0.25, 0.3) is 0 Å². The second-order valence-corrected chi connectivity index (χ2v) is 14.4. The molecule has 2 atom stereocenters. The van der Waals surface area contributed by atoms with Crippen LogP contribution in [0.1, 0.15) is 33.6 Å². The third kappa shape index (κ3) is 10.5. The Labute approximate surface area is 306 Å². The first kappa shape index (κ1) is 38.7. The molecule has 5 rings (SSSR count). The summed E-state index contributed by atoms with van der Waals surface area (Å²) in [5.41, 5.74) is 0.271. The largest absolute Gasteiger partial charge is 0.508 e. The molecule has 1 aliphatic rings. The fraction of sp³-hybridized carbons (Fsp3) is 0.410. The molecule has 4 aromatic rings. The number of nitrogens with zero attached hydrogens (tertiary/aromatic N) is 1. The SMILES string of the molecule is CC(C)(C)C(NC(=O)COCCOCCOCCOc1ccc(Oc2c(-c3ccc(F)cc3)sc3cc(O)ccc23)cc1)C(=O)N1CCC[C@H]1C=O. The van der Waals surface area contributed by atoms with E-state index in [9.17, 15) is 23.9 Å². The van der Waals surface area contributed by atoms with Crippen LogP contribution in [0.5, 0.6) is 23.0 Å². The zero-order valence-corrected chi connectivity index (χ0v) is 30.4. The second kappa shape index (κ2) is 18.3. The van der Waals surface area contributed by atoms with E-state index in [1.54, 1.807) is 59.5 Å². The highest BCUT2D eigenvalue weighted by Crippen LogP contribution is 2.47. The Bertz CT molecular complexity index is 1790. The molecule has 2 heterocycles. The van der Waals surface area contributed by atoms with Crippen LogP contribution in [-0.2, 0) is 28.6 Å². The molecule has 1 unspecified atom stereocenters. The smallest absolute Gasteiger partial charge is 0.246 e. The van der Waals surface area contributed by atoms with Gasteiger partial charge in [-0.1, -0.05) is 32.9 Å². The maximum Gasteiger partial charge on any atom is 0.246 e. The summed E-state index contributed by atoms with van der Waals surface area (Å²) in [7, 11) is 0. The van der Waals surface area contributed by atoms with Crippen LogP contribution < -0.4 is 14.8 Å². The number of benzene rings is 3. The fourth-order valence-electron chi connectivity index (χ4n) is 5.72. The van der Waals surface area contributed by atoms with Crippen molar-refractivity contribution >= 4 is 39.5 Å². The Kier molecular flexibility index (Phi) is 13.6. The molecule has 0 aliphatic carbocycles. The minimum Gasteiger partial charge on any atom is -0.508 e. The molecule has 2 amide bonds. The lowest BCUT2D eigenvalue weighted by Crippen LogP contribution is -2.56. The van der Waals surface area contributed by atoms with Gasteiger partial charge < -0.3 is 43.8 Å². The number of rotatable bonds is 18. The number of likely N-dealkylation sites (tertiary alicyclic amines) is 1. The van der Waals surface area contributed by atoms with Crippen molar-refractivity contribution in [2.24, 2.45) is 5.41 Å². The summed E-state index contributed by atoms with van der Waals surface area (Å²) in [4.78, 5) is 39.4. The number of aldehydes is 1. The number of hydrogen-bond acceptors (Lipinski definition) is 10. The number of phenolic OH excluding ortho intramolecular Hbond substituents is 1. The Balaban J connectivity index is 0.959. The highest BCUT2D eigenvalue weighted by atomic mass is 32.1.